The molecule has 4 saturated carbocycles. The maximum Gasteiger partial charge on any atom is 0.318 e. The summed E-state index contributed by atoms with van der Waals surface area (Å²) >= 11 is 0. The first-order valence-corrected chi connectivity index (χ1v) is 49.7. The molecule has 3 aromatic carbocycles. The van der Waals surface area contributed by atoms with E-state index in [1.807, 2.05) is 59.1 Å². The Balaban J connectivity index is 0.000000186. The average Bonchev–Trinajstić information content (AvgIpc) is 0.812. The molecule has 6 saturated heterocycles. The van der Waals surface area contributed by atoms with Crippen LogP contribution in [0.15, 0.2) is 72.8 Å². The number of hydrogen-bond acceptors (Lipinski definition) is 11. The number of piperidine rings is 4. The molecule has 13 rings (SSSR count). The number of halogens is 3. The Bertz CT molecular complexity index is 4080. The lowest BCUT2D eigenvalue weighted by Crippen LogP contribution is -2.62. The van der Waals surface area contributed by atoms with Crippen LogP contribution in [0.5, 0.6) is 0 Å². The molecule has 712 valence electrons. The van der Waals surface area contributed by atoms with Gasteiger partial charge in [0.15, 0.2) is 0 Å². The van der Waals surface area contributed by atoms with Crippen LogP contribution in [0, 0.1) is 57.4 Å². The Kier molecular flexibility index (Phi) is 35.7. The predicted molar refractivity (Wildman–Crippen MR) is 498 cm³/mol. The van der Waals surface area contributed by atoms with Crippen LogP contribution in [0.3, 0.4) is 0 Å². The Labute approximate surface area is 763 Å². The number of piperazine rings is 2. The van der Waals surface area contributed by atoms with E-state index in [0.717, 1.165) is 126 Å². The van der Waals surface area contributed by atoms with E-state index >= 15 is 0 Å². The third-order valence-electron chi connectivity index (χ3n) is 30.5. The second-order valence-corrected chi connectivity index (χ2v) is 42.1. The molecular weight excluding hydrogens is 1620 g/mol. The number of urea groups is 3. The van der Waals surface area contributed by atoms with Gasteiger partial charge in [0.25, 0.3) is 0 Å². The SMILES string of the molecule is CC(C)(C)NC(=O)C1(C2CCCCC2)CCN(C(=O)[C@@H](Cc2ccc(F)cc2)NC(=O)N2CC3CCC2C3)CC1.CC(C)N(C(=O)C1(C2CCCCC2)CCN(C(=O)[C@@H](Cc2ccc(F)cc2)NC(=O)N2C[C@@H](C)N[C@@H](C)C2)CC1)C(C)C.CC[C@@H]1CN(C(=O)N[C@H](Cc2ccc(F)cc2)C(=O)N2CCC(C(=O)N(C(C)C)C(C)C)(C3CCCCC3)CC2)C[C@H](CC)N1. The molecule has 6 N–H and O–H groups in total. The average molecular weight is 1780 g/mol. The van der Waals surface area contributed by atoms with Crippen molar-refractivity contribution >= 4 is 53.5 Å². The van der Waals surface area contributed by atoms with Crippen molar-refractivity contribution in [1.29, 1.82) is 0 Å². The number of carbonyl (C=O) groups excluding carboxylic acids is 9. The molecule has 10 fully saturated rings. The molecule has 26 heteroatoms. The quantitative estimate of drug-likeness (QED) is 0.0492. The van der Waals surface area contributed by atoms with E-state index in [-0.39, 0.29) is 144 Å². The van der Waals surface area contributed by atoms with E-state index in [4.69, 9.17) is 0 Å². The predicted octanol–water partition coefficient (Wildman–Crippen LogP) is 15.7. The number of nitrogens with zero attached hydrogens (tertiary/aromatic N) is 8. The van der Waals surface area contributed by atoms with Gasteiger partial charge in [0.2, 0.25) is 35.4 Å². The number of fused-ring (bicyclic) bond motifs is 2. The van der Waals surface area contributed by atoms with Gasteiger partial charge >= 0.3 is 18.1 Å². The highest BCUT2D eigenvalue weighted by molar-refractivity contribution is 5.91. The smallest absolute Gasteiger partial charge is 0.318 e. The van der Waals surface area contributed by atoms with Gasteiger partial charge in [-0.3, -0.25) is 28.8 Å². The van der Waals surface area contributed by atoms with Gasteiger partial charge in [0, 0.05) is 151 Å². The lowest BCUT2D eigenvalue weighted by molar-refractivity contribution is -0.158. The summed E-state index contributed by atoms with van der Waals surface area (Å²) in [6, 6.07) is 16.9. The molecule has 10 aliphatic rings. The molecule has 23 nitrogen and oxygen atoms in total. The van der Waals surface area contributed by atoms with E-state index in [1.165, 1.54) is 62.1 Å². The first-order chi connectivity index (χ1) is 60.9. The van der Waals surface area contributed by atoms with Gasteiger partial charge in [-0.2, -0.15) is 0 Å². The lowest BCUT2D eigenvalue weighted by Gasteiger charge is -2.50. The van der Waals surface area contributed by atoms with Crippen LogP contribution in [0.4, 0.5) is 27.6 Å². The first-order valence-electron chi connectivity index (χ1n) is 49.7. The van der Waals surface area contributed by atoms with E-state index < -0.39 is 34.4 Å². The maximum absolute atomic E-state index is 14.4. The zero-order valence-corrected chi connectivity index (χ0v) is 80.3. The molecule has 12 amide bonds. The van der Waals surface area contributed by atoms with E-state index in [1.54, 1.807) is 41.3 Å². The number of benzene rings is 3. The number of amides is 12. The van der Waals surface area contributed by atoms with Crippen LogP contribution >= 0.6 is 0 Å². The molecule has 128 heavy (non-hydrogen) atoms. The van der Waals surface area contributed by atoms with E-state index in [2.05, 4.69) is 111 Å². The number of nitrogens with one attached hydrogen (secondary N) is 6. The van der Waals surface area contributed by atoms with Crippen molar-refractivity contribution in [2.24, 2.45) is 39.9 Å². The third kappa shape index (κ3) is 25.4. The van der Waals surface area contributed by atoms with Gasteiger partial charge in [0.1, 0.15) is 35.6 Å². The summed E-state index contributed by atoms with van der Waals surface area (Å²) in [5.74, 6) is 0.801. The van der Waals surface area contributed by atoms with E-state index in [9.17, 15) is 56.3 Å². The highest BCUT2D eigenvalue weighted by Crippen LogP contribution is 2.51. The Morgan fingerprint density at radius 2 is 0.719 bits per heavy atom. The summed E-state index contributed by atoms with van der Waals surface area (Å²) in [7, 11) is 0. The Morgan fingerprint density at radius 1 is 0.406 bits per heavy atom. The summed E-state index contributed by atoms with van der Waals surface area (Å²) in [6.07, 6.45) is 26.8. The minimum Gasteiger partial charge on any atom is -0.351 e. The minimum atomic E-state index is -0.779. The normalized spacial score (nSPS) is 24.1. The topological polar surface area (TPSA) is 252 Å². The van der Waals surface area contributed by atoms with Crippen LogP contribution in [0.1, 0.15) is 287 Å². The molecule has 6 aliphatic heterocycles. The van der Waals surface area contributed by atoms with Crippen LogP contribution in [0.25, 0.3) is 0 Å². The molecule has 0 aromatic heterocycles. The number of rotatable bonds is 24. The van der Waals surface area contributed by atoms with Crippen molar-refractivity contribution in [3.63, 3.8) is 0 Å². The molecule has 3 aromatic rings. The Morgan fingerprint density at radius 3 is 1.02 bits per heavy atom. The molecule has 2 unspecified atom stereocenters. The van der Waals surface area contributed by atoms with Gasteiger partial charge in [-0.05, 0) is 276 Å². The largest absolute Gasteiger partial charge is 0.351 e. The van der Waals surface area contributed by atoms with Crippen molar-refractivity contribution < 1.29 is 56.3 Å². The molecule has 2 bridgehead atoms. The Hall–Kier alpha value is -8.00. The minimum absolute atomic E-state index is 0.109. The van der Waals surface area contributed by atoms with Crippen molar-refractivity contribution in [2.75, 3.05) is 72.0 Å². The molecule has 9 atom stereocenters. The third-order valence-corrected chi connectivity index (χ3v) is 30.5. The van der Waals surface area contributed by atoms with Gasteiger partial charge in [-0.25, -0.2) is 27.6 Å². The van der Waals surface area contributed by atoms with Crippen molar-refractivity contribution in [3.05, 3.63) is 107 Å². The number of likely N-dealkylation sites (tertiary alicyclic amines) is 4. The highest BCUT2D eigenvalue weighted by Gasteiger charge is 2.55. The number of carbonyl (C=O) groups is 9. The second-order valence-electron chi connectivity index (χ2n) is 42.1. The van der Waals surface area contributed by atoms with Gasteiger partial charge in [-0.1, -0.05) is 108 Å². The number of hydrogen-bond donors (Lipinski definition) is 6. The van der Waals surface area contributed by atoms with Crippen molar-refractivity contribution in [3.8, 4) is 0 Å². The zero-order chi connectivity index (χ0) is 92.5. The molecular formula is C102H159F3N14O9. The summed E-state index contributed by atoms with van der Waals surface area (Å²) in [4.78, 5) is 141. The summed E-state index contributed by atoms with van der Waals surface area (Å²) in [6.45, 7) is 37.1. The molecule has 0 spiro atoms. The maximum atomic E-state index is 14.4. The van der Waals surface area contributed by atoms with E-state index in [0.29, 0.717) is 134 Å². The molecule has 0 radical (unpaired) electrons. The monoisotopic (exact) mass is 1780 g/mol. The fourth-order valence-corrected chi connectivity index (χ4v) is 23.8. The highest BCUT2D eigenvalue weighted by atomic mass is 19.1. The van der Waals surface area contributed by atoms with Gasteiger partial charge < -0.3 is 71.1 Å². The standard InChI is InChI=1S/C36H58FN5O3.C34H54FN5O3.C32H47FN4O3/c1-7-30-23-41(24-31(8-2)38-30)35(45)39-32(22-27-14-16-29(37)17-15-27)33(43)40-20-18-36(19-21-40,28-12-10-9-11-13-28)34(44)42(25(3)4)26(5)6;1-23(2)40(24(3)4)32(42)34(28-10-8-7-9-11-28)16-18-38(19-17-34)31(41)30(20-27-12-14-29(35)15-13-27)37-33(43)39-21-25(5)36-26(6)22-39;1-31(2,3)35-29(39)32(24-7-5-4-6-8-24)15-17-36(18-16-32)28(38)27(20-22-9-12-25(33)13-10-22)34-30(40)37-21-23-11-14-26(37)19-23/h14-17,25-26,28,30-32,38H,7-13,18-24H2,1-6H3,(H,39,45);12-15,23-26,28,30,36H,7-11,16-22H2,1-6H3,(H,37,43);9-10,12-13,23-24,26-27H,4-8,11,14-21H2,1-3H3,(H,34,40)(H,35,39)/t30-,31+,32-;25-,26+,30-;23?,26?,27-/m111/s1. The first kappa shape index (κ1) is 101. The van der Waals surface area contributed by atoms with Crippen molar-refractivity contribution in [2.45, 2.75) is 368 Å². The van der Waals surface area contributed by atoms with Crippen LogP contribution in [-0.4, -0.2) is 243 Å². The summed E-state index contributed by atoms with van der Waals surface area (Å²) in [5.41, 5.74) is 0.680. The van der Waals surface area contributed by atoms with Crippen molar-refractivity contribution in [1.82, 2.24) is 71.1 Å². The molecule has 4 aliphatic carbocycles. The van der Waals surface area contributed by atoms with Crippen LogP contribution in [0.2, 0.25) is 0 Å². The zero-order valence-electron chi connectivity index (χ0n) is 80.3. The fourth-order valence-electron chi connectivity index (χ4n) is 23.8. The van der Waals surface area contributed by atoms with Crippen LogP contribution < -0.4 is 31.9 Å². The molecule has 6 heterocycles. The second kappa shape index (κ2) is 45.4. The fraction of sp³-hybridized carbons (Fsp3) is 0.735. The summed E-state index contributed by atoms with van der Waals surface area (Å²) < 4.78 is 41.0. The van der Waals surface area contributed by atoms with Gasteiger partial charge in [-0.15, -0.1) is 0 Å². The van der Waals surface area contributed by atoms with Crippen LogP contribution in [-0.2, 0) is 48.0 Å². The lowest BCUT2D eigenvalue weighted by atomic mass is 9.62. The summed E-state index contributed by atoms with van der Waals surface area (Å²) in [5, 5.41) is 19.5. The van der Waals surface area contributed by atoms with Gasteiger partial charge in [0.05, 0.1) is 16.2 Å².